The molecule has 0 heterocycles. The summed E-state index contributed by atoms with van der Waals surface area (Å²) in [5, 5.41) is 0.149. The maximum atomic E-state index is 12.7. The first-order chi connectivity index (χ1) is 7.38. The first-order valence-corrected chi connectivity index (χ1v) is 5.31. The highest BCUT2D eigenvalue weighted by Crippen LogP contribution is 2.39. The normalized spacial score (nSPS) is 13.9. The molecule has 1 nitrogen and oxygen atoms in total. The van der Waals surface area contributed by atoms with E-state index in [0.29, 0.717) is 13.0 Å². The summed E-state index contributed by atoms with van der Waals surface area (Å²) in [5.41, 5.74) is 4.83. The SMILES string of the molecule is CC(CCN)c1c(Cl)cccc1C(F)(F)F. The van der Waals surface area contributed by atoms with E-state index in [1.807, 2.05) is 0 Å². The molecule has 0 aliphatic heterocycles. The van der Waals surface area contributed by atoms with E-state index in [1.165, 1.54) is 12.1 Å². The monoisotopic (exact) mass is 251 g/mol. The molecule has 0 amide bonds. The molecule has 0 saturated carbocycles. The smallest absolute Gasteiger partial charge is 0.330 e. The molecule has 0 spiro atoms. The number of halogens is 4. The van der Waals surface area contributed by atoms with Crippen LogP contribution >= 0.6 is 11.6 Å². The highest BCUT2D eigenvalue weighted by Gasteiger charge is 2.35. The number of alkyl halides is 3. The highest BCUT2D eigenvalue weighted by atomic mass is 35.5. The molecule has 1 rings (SSSR count). The Hall–Kier alpha value is -0.740. The summed E-state index contributed by atoms with van der Waals surface area (Å²) in [5.74, 6) is -0.296. The van der Waals surface area contributed by atoms with Crippen LogP contribution in [0.5, 0.6) is 0 Å². The van der Waals surface area contributed by atoms with E-state index in [9.17, 15) is 13.2 Å². The summed E-state index contributed by atoms with van der Waals surface area (Å²) in [6, 6.07) is 3.83. The van der Waals surface area contributed by atoms with Gasteiger partial charge >= 0.3 is 6.18 Å². The minimum absolute atomic E-state index is 0.141. The molecule has 90 valence electrons. The number of hydrogen-bond acceptors (Lipinski definition) is 1. The zero-order chi connectivity index (χ0) is 12.3. The van der Waals surface area contributed by atoms with E-state index in [2.05, 4.69) is 0 Å². The molecular formula is C11H13ClF3N. The van der Waals surface area contributed by atoms with E-state index in [0.717, 1.165) is 6.07 Å². The average molecular weight is 252 g/mol. The first kappa shape index (κ1) is 13.3. The maximum absolute atomic E-state index is 12.7. The van der Waals surface area contributed by atoms with Crippen LogP contribution in [0.3, 0.4) is 0 Å². The van der Waals surface area contributed by atoms with Crippen LogP contribution in [0.1, 0.15) is 30.4 Å². The van der Waals surface area contributed by atoms with Gasteiger partial charge in [0, 0.05) is 5.02 Å². The third-order valence-electron chi connectivity index (χ3n) is 2.45. The molecule has 1 unspecified atom stereocenters. The molecule has 0 bridgehead atoms. The molecule has 1 aromatic rings. The zero-order valence-corrected chi connectivity index (χ0v) is 9.57. The van der Waals surface area contributed by atoms with E-state index < -0.39 is 11.7 Å². The summed E-state index contributed by atoms with van der Waals surface area (Å²) in [6.45, 7) is 2.03. The fraction of sp³-hybridized carbons (Fsp3) is 0.455. The van der Waals surface area contributed by atoms with E-state index in [4.69, 9.17) is 17.3 Å². The Morgan fingerprint density at radius 2 is 2.00 bits per heavy atom. The van der Waals surface area contributed by atoms with E-state index >= 15 is 0 Å². The van der Waals surface area contributed by atoms with Crippen molar-refractivity contribution in [2.75, 3.05) is 6.54 Å². The third kappa shape index (κ3) is 2.89. The molecular weight excluding hydrogens is 239 g/mol. The Kier molecular flexibility index (Phi) is 4.21. The molecule has 0 aliphatic carbocycles. The van der Waals surface area contributed by atoms with Crippen molar-refractivity contribution in [2.45, 2.75) is 25.4 Å². The van der Waals surface area contributed by atoms with Gasteiger partial charge in [0.2, 0.25) is 0 Å². The van der Waals surface area contributed by atoms with Gasteiger partial charge in [0.15, 0.2) is 0 Å². The van der Waals surface area contributed by atoms with Gasteiger partial charge in [-0.3, -0.25) is 0 Å². The lowest BCUT2D eigenvalue weighted by Crippen LogP contribution is -2.13. The molecule has 0 aromatic heterocycles. The van der Waals surface area contributed by atoms with Gasteiger partial charge in [-0.05, 0) is 36.6 Å². The third-order valence-corrected chi connectivity index (χ3v) is 2.78. The van der Waals surface area contributed by atoms with Crippen LogP contribution in [0.15, 0.2) is 18.2 Å². The van der Waals surface area contributed by atoms with Crippen LogP contribution in [0.4, 0.5) is 13.2 Å². The second kappa shape index (κ2) is 5.06. The Morgan fingerprint density at radius 3 is 2.50 bits per heavy atom. The maximum Gasteiger partial charge on any atom is 0.416 e. The van der Waals surface area contributed by atoms with Crippen molar-refractivity contribution in [3.63, 3.8) is 0 Å². The fourth-order valence-electron chi connectivity index (χ4n) is 1.68. The summed E-state index contributed by atoms with van der Waals surface area (Å²) in [4.78, 5) is 0. The van der Waals surface area contributed by atoms with E-state index in [1.54, 1.807) is 6.92 Å². The lowest BCUT2D eigenvalue weighted by Gasteiger charge is -2.19. The van der Waals surface area contributed by atoms with Gasteiger partial charge in [0.05, 0.1) is 5.56 Å². The number of hydrogen-bond donors (Lipinski definition) is 1. The molecule has 1 aromatic carbocycles. The van der Waals surface area contributed by atoms with Crippen LogP contribution in [0.2, 0.25) is 5.02 Å². The summed E-state index contributed by atoms with van der Waals surface area (Å²) in [6.07, 6.45) is -3.89. The van der Waals surface area contributed by atoms with Gasteiger partial charge in [-0.25, -0.2) is 0 Å². The fourth-order valence-corrected chi connectivity index (χ4v) is 2.04. The predicted molar refractivity (Wildman–Crippen MR) is 58.5 cm³/mol. The van der Waals surface area contributed by atoms with Crippen LogP contribution in [0.25, 0.3) is 0 Å². The second-order valence-corrected chi connectivity index (χ2v) is 4.08. The van der Waals surface area contributed by atoms with Crippen molar-refractivity contribution in [2.24, 2.45) is 5.73 Å². The topological polar surface area (TPSA) is 26.0 Å². The Labute approximate surface area is 97.4 Å². The van der Waals surface area contributed by atoms with Gasteiger partial charge in [-0.2, -0.15) is 13.2 Å². The van der Waals surface area contributed by atoms with Crippen LogP contribution in [-0.2, 0) is 6.18 Å². The molecule has 1 atom stereocenters. The van der Waals surface area contributed by atoms with Crippen LogP contribution in [0, 0.1) is 0 Å². The van der Waals surface area contributed by atoms with Crippen molar-refractivity contribution in [1.82, 2.24) is 0 Å². The summed E-state index contributed by atoms with van der Waals surface area (Å²) in [7, 11) is 0. The minimum Gasteiger partial charge on any atom is -0.330 e. The number of nitrogens with two attached hydrogens (primary N) is 1. The lowest BCUT2D eigenvalue weighted by molar-refractivity contribution is -0.138. The van der Waals surface area contributed by atoms with E-state index in [-0.39, 0.29) is 16.5 Å². The standard InChI is InChI=1S/C11H13ClF3N/c1-7(5-6-16)10-8(11(13,14)15)3-2-4-9(10)12/h2-4,7H,5-6,16H2,1H3. The van der Waals surface area contributed by atoms with Crippen LogP contribution in [-0.4, -0.2) is 6.54 Å². The summed E-state index contributed by atoms with van der Waals surface area (Å²) >= 11 is 5.83. The predicted octanol–water partition coefficient (Wildman–Crippen LogP) is 3.81. The van der Waals surface area contributed by atoms with Crippen molar-refractivity contribution in [3.8, 4) is 0 Å². The quantitative estimate of drug-likeness (QED) is 0.869. The van der Waals surface area contributed by atoms with Crippen molar-refractivity contribution < 1.29 is 13.2 Å². The van der Waals surface area contributed by atoms with Gasteiger partial charge in [0.25, 0.3) is 0 Å². The zero-order valence-electron chi connectivity index (χ0n) is 8.81. The lowest BCUT2D eigenvalue weighted by atomic mass is 9.93. The Balaban J connectivity index is 3.24. The largest absolute Gasteiger partial charge is 0.416 e. The number of benzene rings is 1. The molecule has 0 fully saturated rings. The van der Waals surface area contributed by atoms with Gasteiger partial charge in [-0.1, -0.05) is 24.6 Å². The molecule has 0 radical (unpaired) electrons. The van der Waals surface area contributed by atoms with Gasteiger partial charge in [-0.15, -0.1) is 0 Å². The second-order valence-electron chi connectivity index (χ2n) is 3.68. The Bertz CT molecular complexity index is 363. The minimum atomic E-state index is -4.37. The summed E-state index contributed by atoms with van der Waals surface area (Å²) < 4.78 is 38.2. The average Bonchev–Trinajstić information content (AvgIpc) is 2.16. The van der Waals surface area contributed by atoms with Gasteiger partial charge in [0.1, 0.15) is 0 Å². The molecule has 5 heteroatoms. The van der Waals surface area contributed by atoms with Crippen molar-refractivity contribution >= 4 is 11.6 Å². The van der Waals surface area contributed by atoms with Gasteiger partial charge < -0.3 is 5.73 Å². The molecule has 16 heavy (non-hydrogen) atoms. The van der Waals surface area contributed by atoms with Crippen molar-refractivity contribution in [3.05, 3.63) is 34.3 Å². The molecule has 0 saturated heterocycles. The molecule has 0 aliphatic rings. The van der Waals surface area contributed by atoms with Crippen molar-refractivity contribution in [1.29, 1.82) is 0 Å². The highest BCUT2D eigenvalue weighted by molar-refractivity contribution is 6.31. The number of rotatable bonds is 3. The molecule has 2 N–H and O–H groups in total. The first-order valence-electron chi connectivity index (χ1n) is 4.93. The Morgan fingerprint density at radius 1 is 1.38 bits per heavy atom. The van der Waals surface area contributed by atoms with Crippen LogP contribution < -0.4 is 5.73 Å².